The second-order valence-corrected chi connectivity index (χ2v) is 11.6. The van der Waals surface area contributed by atoms with Crippen LogP contribution in [0.15, 0.2) is 44.7 Å². The van der Waals surface area contributed by atoms with Gasteiger partial charge in [0.05, 0.1) is 22.8 Å². The highest BCUT2D eigenvalue weighted by Gasteiger charge is 2.28. The molecule has 3 aromatic heterocycles. The molecule has 3 N–H and O–H groups in total. The zero-order valence-electron chi connectivity index (χ0n) is 22.1. The van der Waals surface area contributed by atoms with E-state index in [-0.39, 0.29) is 35.2 Å². The number of H-pyrrole nitrogens is 1. The molecule has 208 valence electrons. The number of carboxylic acid groups (broad SMARTS) is 1. The fourth-order valence-electron chi connectivity index (χ4n) is 4.45. The number of aliphatic carboxylic acids is 1. The van der Waals surface area contributed by atoms with Crippen molar-refractivity contribution < 1.29 is 23.1 Å². The van der Waals surface area contributed by atoms with Gasteiger partial charge in [0.2, 0.25) is 10.0 Å². The van der Waals surface area contributed by atoms with Crippen molar-refractivity contribution in [1.82, 2.24) is 24.3 Å². The SMILES string of the molecule is CCOc1ccc(S(=O)(=O)NC(Cc2ccsc2)C(=O)O)cc1-c1nn2c(C(CC)CC)nc(C)c2c(=O)[nH]1. The summed E-state index contributed by atoms with van der Waals surface area (Å²) in [6.45, 7) is 7.89. The highest BCUT2D eigenvalue weighted by Crippen LogP contribution is 2.31. The lowest BCUT2D eigenvalue weighted by Crippen LogP contribution is -2.42. The van der Waals surface area contributed by atoms with Crippen LogP contribution in [0.1, 0.15) is 56.6 Å². The van der Waals surface area contributed by atoms with Crippen LogP contribution in [-0.4, -0.2) is 51.7 Å². The summed E-state index contributed by atoms with van der Waals surface area (Å²) in [7, 11) is -4.27. The van der Waals surface area contributed by atoms with Gasteiger partial charge in [0.1, 0.15) is 17.6 Å². The number of aryl methyl sites for hydroxylation is 1. The second-order valence-electron chi connectivity index (χ2n) is 9.07. The lowest BCUT2D eigenvalue weighted by molar-refractivity contribution is -0.138. The number of thiophene rings is 1. The van der Waals surface area contributed by atoms with Crippen molar-refractivity contribution in [2.45, 2.75) is 63.8 Å². The van der Waals surface area contributed by atoms with Gasteiger partial charge in [0.25, 0.3) is 5.56 Å². The summed E-state index contributed by atoms with van der Waals surface area (Å²) >= 11 is 1.40. The zero-order valence-corrected chi connectivity index (χ0v) is 23.7. The minimum atomic E-state index is -4.27. The van der Waals surface area contributed by atoms with Gasteiger partial charge in [0, 0.05) is 12.3 Å². The predicted octanol–water partition coefficient (Wildman–Crippen LogP) is 3.73. The Labute approximate surface area is 229 Å². The molecule has 1 unspecified atom stereocenters. The number of carbonyl (C=O) groups is 1. The molecule has 0 aliphatic rings. The number of nitrogens with zero attached hydrogens (tertiary/aromatic N) is 3. The Balaban J connectivity index is 1.82. The van der Waals surface area contributed by atoms with Crippen molar-refractivity contribution in [2.24, 2.45) is 0 Å². The molecule has 3 heterocycles. The molecule has 39 heavy (non-hydrogen) atoms. The number of sulfonamides is 1. The van der Waals surface area contributed by atoms with Crippen molar-refractivity contribution in [3.05, 3.63) is 62.5 Å². The van der Waals surface area contributed by atoms with Gasteiger partial charge in [-0.1, -0.05) is 13.8 Å². The smallest absolute Gasteiger partial charge is 0.322 e. The highest BCUT2D eigenvalue weighted by molar-refractivity contribution is 7.89. The number of ether oxygens (including phenoxy) is 1. The van der Waals surface area contributed by atoms with E-state index in [0.29, 0.717) is 28.3 Å². The van der Waals surface area contributed by atoms with Gasteiger partial charge in [-0.3, -0.25) is 9.59 Å². The molecule has 0 aliphatic heterocycles. The number of aromatic nitrogens is 4. The maximum absolute atomic E-state index is 13.3. The van der Waals surface area contributed by atoms with Crippen LogP contribution in [0.5, 0.6) is 5.75 Å². The van der Waals surface area contributed by atoms with E-state index in [9.17, 15) is 23.1 Å². The molecule has 0 spiro atoms. The molecule has 0 bridgehead atoms. The van der Waals surface area contributed by atoms with Gasteiger partial charge < -0.3 is 14.8 Å². The van der Waals surface area contributed by atoms with Gasteiger partial charge in [-0.05, 0) is 67.3 Å². The van der Waals surface area contributed by atoms with E-state index in [0.717, 1.165) is 12.8 Å². The van der Waals surface area contributed by atoms with Gasteiger partial charge in [-0.2, -0.15) is 16.1 Å². The van der Waals surface area contributed by atoms with Crippen LogP contribution in [0, 0.1) is 6.92 Å². The van der Waals surface area contributed by atoms with E-state index in [1.165, 1.54) is 34.1 Å². The number of aromatic amines is 1. The minimum Gasteiger partial charge on any atom is -0.493 e. The molecule has 0 saturated carbocycles. The molecule has 1 aromatic carbocycles. The summed E-state index contributed by atoms with van der Waals surface area (Å²) in [5.74, 6) is -0.150. The fraction of sp³-hybridized carbons (Fsp3) is 0.385. The fourth-order valence-corrected chi connectivity index (χ4v) is 6.35. The standard InChI is InChI=1S/C26H31N5O6S2/c1-5-17(6-2)24-27-15(4)22-25(32)28-23(29-31(22)24)19-13-18(8-9-21(19)37-7-3)39(35,36)30-20(26(33)34)12-16-10-11-38-14-16/h8-11,13-14,17,20,30H,5-7,12H2,1-4H3,(H,33,34)(H,28,29,32). The lowest BCUT2D eigenvalue weighted by atomic mass is 10.0. The molecule has 13 heteroatoms. The van der Waals surface area contributed by atoms with Crippen LogP contribution in [0.4, 0.5) is 0 Å². The third kappa shape index (κ3) is 5.89. The molecule has 0 fully saturated rings. The molecule has 4 aromatic rings. The van der Waals surface area contributed by atoms with Crippen LogP contribution in [0.3, 0.4) is 0 Å². The molecule has 0 aliphatic carbocycles. The normalized spacial score (nSPS) is 12.7. The van der Waals surface area contributed by atoms with Crippen molar-refractivity contribution >= 4 is 32.8 Å². The summed E-state index contributed by atoms with van der Waals surface area (Å²) < 4.78 is 36.2. The average molecular weight is 574 g/mol. The molecule has 0 radical (unpaired) electrons. The van der Waals surface area contributed by atoms with E-state index >= 15 is 0 Å². The van der Waals surface area contributed by atoms with Crippen LogP contribution in [-0.2, 0) is 21.2 Å². The number of nitrogens with one attached hydrogen (secondary N) is 2. The maximum Gasteiger partial charge on any atom is 0.322 e. The van der Waals surface area contributed by atoms with Crippen LogP contribution in [0.25, 0.3) is 16.9 Å². The van der Waals surface area contributed by atoms with Crippen molar-refractivity contribution in [3.8, 4) is 17.1 Å². The molecule has 0 saturated heterocycles. The largest absolute Gasteiger partial charge is 0.493 e. The van der Waals surface area contributed by atoms with Crippen LogP contribution < -0.4 is 15.0 Å². The van der Waals surface area contributed by atoms with Gasteiger partial charge >= 0.3 is 5.97 Å². The van der Waals surface area contributed by atoms with Gasteiger partial charge in [0.15, 0.2) is 11.3 Å². The second kappa shape index (κ2) is 11.7. The number of benzene rings is 1. The van der Waals surface area contributed by atoms with Crippen molar-refractivity contribution in [3.63, 3.8) is 0 Å². The van der Waals surface area contributed by atoms with Crippen molar-refractivity contribution in [1.29, 1.82) is 0 Å². The molecule has 11 nitrogen and oxygen atoms in total. The summed E-state index contributed by atoms with van der Waals surface area (Å²) in [5.41, 5.74) is 1.40. The summed E-state index contributed by atoms with van der Waals surface area (Å²) in [6.07, 6.45) is 1.60. The number of imidazole rings is 1. The van der Waals surface area contributed by atoms with Crippen molar-refractivity contribution in [2.75, 3.05) is 6.61 Å². The number of hydrogen-bond acceptors (Lipinski definition) is 8. The first kappa shape index (κ1) is 28.5. The number of carboxylic acids is 1. The minimum absolute atomic E-state index is 0.00767. The lowest BCUT2D eigenvalue weighted by Gasteiger charge is -2.16. The quantitative estimate of drug-likeness (QED) is 0.231. The Hall–Kier alpha value is -3.55. The Kier molecular flexibility index (Phi) is 8.52. The third-order valence-electron chi connectivity index (χ3n) is 6.48. The van der Waals surface area contributed by atoms with Crippen LogP contribution in [0.2, 0.25) is 0 Å². The van der Waals surface area contributed by atoms with Gasteiger partial charge in [-0.25, -0.2) is 17.9 Å². The van der Waals surface area contributed by atoms with E-state index in [4.69, 9.17) is 4.74 Å². The van der Waals surface area contributed by atoms with E-state index < -0.39 is 27.6 Å². The summed E-state index contributed by atoms with van der Waals surface area (Å²) in [6, 6.07) is 4.49. The molecular weight excluding hydrogens is 542 g/mol. The highest BCUT2D eigenvalue weighted by atomic mass is 32.2. The maximum atomic E-state index is 13.3. The van der Waals surface area contributed by atoms with E-state index in [2.05, 4.69) is 19.8 Å². The Morgan fingerprint density at radius 2 is 1.97 bits per heavy atom. The van der Waals surface area contributed by atoms with E-state index in [1.54, 1.807) is 30.7 Å². The molecule has 1 atom stereocenters. The number of hydrogen-bond donors (Lipinski definition) is 3. The Morgan fingerprint density at radius 1 is 1.23 bits per heavy atom. The number of rotatable bonds is 12. The Bertz CT molecular complexity index is 1640. The summed E-state index contributed by atoms with van der Waals surface area (Å²) in [4.78, 5) is 32.2. The predicted molar refractivity (Wildman–Crippen MR) is 148 cm³/mol. The monoisotopic (exact) mass is 573 g/mol. The average Bonchev–Trinajstić information content (AvgIpc) is 3.52. The first-order chi connectivity index (χ1) is 18.6. The first-order valence-corrected chi connectivity index (χ1v) is 15.0. The van der Waals surface area contributed by atoms with Crippen LogP contribution >= 0.6 is 11.3 Å². The zero-order chi connectivity index (χ0) is 28.3. The van der Waals surface area contributed by atoms with Gasteiger partial charge in [-0.15, -0.1) is 5.10 Å². The molecule has 0 amide bonds. The third-order valence-corrected chi connectivity index (χ3v) is 8.68. The van der Waals surface area contributed by atoms with E-state index in [1.807, 2.05) is 13.8 Å². The summed E-state index contributed by atoms with van der Waals surface area (Å²) in [5, 5.41) is 17.9. The topological polar surface area (TPSA) is 156 Å². The first-order valence-electron chi connectivity index (χ1n) is 12.6. The Morgan fingerprint density at radius 3 is 2.59 bits per heavy atom. The molecular formula is C26H31N5O6S2. The number of fused-ring (bicyclic) bond motifs is 1. The molecule has 4 rings (SSSR count).